The van der Waals surface area contributed by atoms with Crippen LogP contribution in [0.25, 0.3) is 0 Å². The molecule has 0 aliphatic carbocycles. The van der Waals surface area contributed by atoms with Crippen molar-refractivity contribution in [1.82, 2.24) is 14.2 Å². The number of pyridine rings is 1. The van der Waals surface area contributed by atoms with Gasteiger partial charge in [0.2, 0.25) is 10.0 Å². The Balaban J connectivity index is 1.74. The molecule has 11 heteroatoms. The first-order valence-electron chi connectivity index (χ1n) is 11.0. The molecule has 0 radical (unpaired) electrons. The monoisotopic (exact) mass is 490 g/mol. The quantitative estimate of drug-likeness (QED) is 0.541. The van der Waals surface area contributed by atoms with Crippen molar-refractivity contribution < 1.29 is 27.5 Å². The average Bonchev–Trinajstić information content (AvgIpc) is 3.09. The summed E-state index contributed by atoms with van der Waals surface area (Å²) in [6.45, 7) is 4.26. The topological polar surface area (TPSA) is 109 Å². The highest BCUT2D eigenvalue weighted by atomic mass is 32.2. The van der Waals surface area contributed by atoms with Crippen LogP contribution in [0, 0.1) is 0 Å². The number of aromatic nitrogens is 1. The summed E-state index contributed by atoms with van der Waals surface area (Å²) in [4.78, 5) is 33.2. The zero-order chi connectivity index (χ0) is 24.9. The molecule has 0 spiro atoms. The SMILES string of the molecule is CCOC(=O)c1ccc(N2CCCN(C(=O)c3ccc(OC)c(S(=O)(=O)N(C)C)c3)CC2)nc1. The maximum atomic E-state index is 13.2. The molecular weight excluding hydrogens is 460 g/mol. The molecule has 0 unspecified atom stereocenters. The Morgan fingerprint density at radius 3 is 2.41 bits per heavy atom. The fourth-order valence-electron chi connectivity index (χ4n) is 3.65. The first-order chi connectivity index (χ1) is 16.2. The van der Waals surface area contributed by atoms with Gasteiger partial charge in [-0.25, -0.2) is 22.5 Å². The van der Waals surface area contributed by atoms with E-state index in [4.69, 9.17) is 9.47 Å². The van der Waals surface area contributed by atoms with Crippen molar-refractivity contribution in [3.63, 3.8) is 0 Å². The van der Waals surface area contributed by atoms with Gasteiger partial charge in [-0.2, -0.15) is 0 Å². The van der Waals surface area contributed by atoms with Gasteiger partial charge in [-0.15, -0.1) is 0 Å². The number of nitrogens with zero attached hydrogens (tertiary/aromatic N) is 4. The zero-order valence-corrected chi connectivity index (χ0v) is 20.7. The Morgan fingerprint density at radius 1 is 1.06 bits per heavy atom. The molecule has 34 heavy (non-hydrogen) atoms. The maximum absolute atomic E-state index is 13.2. The number of sulfonamides is 1. The van der Waals surface area contributed by atoms with Crippen LogP contribution in [0.4, 0.5) is 5.82 Å². The summed E-state index contributed by atoms with van der Waals surface area (Å²) in [6, 6.07) is 7.90. The summed E-state index contributed by atoms with van der Waals surface area (Å²) in [6.07, 6.45) is 2.21. The first kappa shape index (κ1) is 25.4. The molecule has 1 fully saturated rings. The van der Waals surface area contributed by atoms with Gasteiger partial charge in [-0.1, -0.05) is 0 Å². The van der Waals surface area contributed by atoms with Crippen molar-refractivity contribution in [2.24, 2.45) is 0 Å². The number of ether oxygens (including phenoxy) is 2. The van der Waals surface area contributed by atoms with Crippen molar-refractivity contribution >= 4 is 27.7 Å². The molecule has 1 amide bonds. The summed E-state index contributed by atoms with van der Waals surface area (Å²) in [7, 11) is 0.468. The van der Waals surface area contributed by atoms with Gasteiger partial charge in [0.1, 0.15) is 16.5 Å². The molecule has 0 atom stereocenters. The van der Waals surface area contributed by atoms with E-state index in [9.17, 15) is 18.0 Å². The maximum Gasteiger partial charge on any atom is 0.339 e. The Labute approximate surface area is 200 Å². The van der Waals surface area contributed by atoms with Gasteiger partial charge in [-0.05, 0) is 43.7 Å². The van der Waals surface area contributed by atoms with Crippen LogP contribution in [0.15, 0.2) is 41.4 Å². The molecule has 1 aliphatic heterocycles. The minimum atomic E-state index is -3.78. The average molecular weight is 491 g/mol. The first-order valence-corrected chi connectivity index (χ1v) is 12.4. The molecule has 184 valence electrons. The largest absolute Gasteiger partial charge is 0.495 e. The van der Waals surface area contributed by atoms with Crippen LogP contribution in [0.3, 0.4) is 0 Å². The Morgan fingerprint density at radius 2 is 1.79 bits per heavy atom. The lowest BCUT2D eigenvalue weighted by atomic mass is 10.2. The van der Waals surface area contributed by atoms with E-state index in [1.807, 2.05) is 0 Å². The second-order valence-electron chi connectivity index (χ2n) is 7.91. The number of benzene rings is 1. The number of anilines is 1. The number of carbonyl (C=O) groups is 2. The predicted octanol–water partition coefficient (Wildman–Crippen LogP) is 1.87. The Bertz CT molecular complexity index is 1130. The van der Waals surface area contributed by atoms with Crippen LogP contribution in [0.2, 0.25) is 0 Å². The minimum absolute atomic E-state index is 0.0480. The molecule has 2 heterocycles. The summed E-state index contributed by atoms with van der Waals surface area (Å²) in [5, 5.41) is 0. The number of carbonyl (C=O) groups excluding carboxylic acids is 2. The third-order valence-corrected chi connectivity index (χ3v) is 7.37. The third-order valence-electron chi connectivity index (χ3n) is 5.54. The van der Waals surface area contributed by atoms with E-state index < -0.39 is 16.0 Å². The van der Waals surface area contributed by atoms with E-state index in [0.717, 1.165) is 4.31 Å². The highest BCUT2D eigenvalue weighted by Gasteiger charge is 2.26. The van der Waals surface area contributed by atoms with Gasteiger partial charge in [0.25, 0.3) is 5.91 Å². The fraction of sp³-hybridized carbons (Fsp3) is 0.435. The van der Waals surface area contributed by atoms with Crippen molar-refractivity contribution in [3.05, 3.63) is 47.7 Å². The zero-order valence-electron chi connectivity index (χ0n) is 19.9. The number of hydrogen-bond donors (Lipinski definition) is 0. The summed E-state index contributed by atoms with van der Waals surface area (Å²) >= 11 is 0. The number of rotatable bonds is 7. The number of esters is 1. The third kappa shape index (κ3) is 5.48. The van der Waals surface area contributed by atoms with E-state index in [1.54, 1.807) is 30.0 Å². The standard InChI is InChI=1S/C23H30N4O6S/c1-5-33-23(29)18-8-10-21(24-16-18)26-11-6-12-27(14-13-26)22(28)17-7-9-19(32-4)20(15-17)34(30,31)25(2)3/h7-10,15-16H,5-6,11-14H2,1-4H3. The van der Waals surface area contributed by atoms with Gasteiger partial charge in [0.15, 0.2) is 0 Å². The van der Waals surface area contributed by atoms with Crippen molar-refractivity contribution in [2.75, 3.05) is 58.9 Å². The van der Waals surface area contributed by atoms with Crippen LogP contribution in [0.5, 0.6) is 5.75 Å². The molecule has 3 rings (SSSR count). The molecule has 1 aromatic carbocycles. The van der Waals surface area contributed by atoms with Crippen LogP contribution in [-0.4, -0.2) is 88.5 Å². The predicted molar refractivity (Wildman–Crippen MR) is 127 cm³/mol. The Hall–Kier alpha value is -3.18. The molecule has 0 N–H and O–H groups in total. The molecule has 2 aromatic rings. The number of hydrogen-bond acceptors (Lipinski definition) is 8. The van der Waals surface area contributed by atoms with Gasteiger partial charge in [0.05, 0.1) is 19.3 Å². The molecule has 1 aliphatic rings. The van der Waals surface area contributed by atoms with Gasteiger partial charge in [-0.3, -0.25) is 4.79 Å². The van der Waals surface area contributed by atoms with E-state index in [-0.39, 0.29) is 22.1 Å². The van der Waals surface area contributed by atoms with Crippen molar-refractivity contribution in [3.8, 4) is 5.75 Å². The van der Waals surface area contributed by atoms with Gasteiger partial charge in [0, 0.05) is 52.0 Å². The van der Waals surface area contributed by atoms with E-state index in [1.165, 1.54) is 39.5 Å². The molecule has 0 bridgehead atoms. The van der Waals surface area contributed by atoms with Crippen LogP contribution in [0.1, 0.15) is 34.1 Å². The highest BCUT2D eigenvalue weighted by Crippen LogP contribution is 2.27. The highest BCUT2D eigenvalue weighted by molar-refractivity contribution is 7.89. The number of amides is 1. The summed E-state index contributed by atoms with van der Waals surface area (Å²) in [5.41, 5.74) is 0.673. The summed E-state index contributed by atoms with van der Waals surface area (Å²) in [5.74, 6) is 0.241. The molecule has 0 saturated carbocycles. The van der Waals surface area contributed by atoms with Crippen LogP contribution < -0.4 is 9.64 Å². The molecule has 10 nitrogen and oxygen atoms in total. The normalized spacial score (nSPS) is 14.6. The van der Waals surface area contributed by atoms with Crippen molar-refractivity contribution in [1.29, 1.82) is 0 Å². The second-order valence-corrected chi connectivity index (χ2v) is 10.0. The van der Waals surface area contributed by atoms with Crippen LogP contribution in [-0.2, 0) is 14.8 Å². The van der Waals surface area contributed by atoms with E-state index >= 15 is 0 Å². The molecule has 1 saturated heterocycles. The van der Waals surface area contributed by atoms with E-state index in [2.05, 4.69) is 9.88 Å². The second kappa shape index (κ2) is 10.8. The van der Waals surface area contributed by atoms with Gasteiger partial charge >= 0.3 is 5.97 Å². The van der Waals surface area contributed by atoms with Gasteiger partial charge < -0.3 is 19.3 Å². The smallest absolute Gasteiger partial charge is 0.339 e. The minimum Gasteiger partial charge on any atom is -0.495 e. The lowest BCUT2D eigenvalue weighted by molar-refractivity contribution is 0.0525. The molecule has 1 aromatic heterocycles. The number of methoxy groups -OCH3 is 1. The van der Waals surface area contributed by atoms with E-state index in [0.29, 0.717) is 50.6 Å². The molecular formula is C23H30N4O6S. The fourth-order valence-corrected chi connectivity index (χ4v) is 4.72. The summed E-state index contributed by atoms with van der Waals surface area (Å²) < 4.78 is 36.7. The van der Waals surface area contributed by atoms with Crippen LogP contribution >= 0.6 is 0 Å². The lowest BCUT2D eigenvalue weighted by Gasteiger charge is -2.23. The van der Waals surface area contributed by atoms with Crippen molar-refractivity contribution in [2.45, 2.75) is 18.2 Å². The lowest BCUT2D eigenvalue weighted by Crippen LogP contribution is -2.35. The Kier molecular flexibility index (Phi) is 8.11.